The van der Waals surface area contributed by atoms with Crippen LogP contribution in [0, 0.1) is 0 Å². The van der Waals surface area contributed by atoms with Gasteiger partial charge in [0.15, 0.2) is 0 Å². The van der Waals surface area contributed by atoms with E-state index in [-0.39, 0.29) is 0 Å². The molecule has 1 rings (SSSR count). The van der Waals surface area contributed by atoms with E-state index in [0.29, 0.717) is 5.56 Å². The molecule has 3 N–H and O–H groups in total. The number of amides is 1. The van der Waals surface area contributed by atoms with Crippen LogP contribution in [0.2, 0.25) is 0 Å². The van der Waals surface area contributed by atoms with Gasteiger partial charge in [-0.05, 0) is 31.5 Å². The van der Waals surface area contributed by atoms with Crippen molar-refractivity contribution in [3.63, 3.8) is 0 Å². The van der Waals surface area contributed by atoms with Crippen LogP contribution in [0.15, 0.2) is 24.3 Å². The number of hydrogen-bond donors (Lipinski definition) is 2. The van der Waals surface area contributed by atoms with Crippen molar-refractivity contribution >= 4 is 5.91 Å². The Kier molecular flexibility index (Phi) is 4.34. The highest BCUT2D eigenvalue weighted by Crippen LogP contribution is 2.30. The average Bonchev–Trinajstić information content (AvgIpc) is 2.27. The lowest BCUT2D eigenvalue weighted by atomic mass is 10.0. The lowest BCUT2D eigenvalue weighted by molar-refractivity contribution is -0.137. The predicted molar refractivity (Wildman–Crippen MR) is 61.7 cm³/mol. The van der Waals surface area contributed by atoms with E-state index in [1.807, 2.05) is 0 Å². The van der Waals surface area contributed by atoms with Gasteiger partial charge < -0.3 is 5.73 Å². The predicted octanol–water partition coefficient (Wildman–Crippen LogP) is 2.23. The molecule has 2 unspecified atom stereocenters. The molecule has 0 aliphatic rings. The molecule has 0 bridgehead atoms. The van der Waals surface area contributed by atoms with Gasteiger partial charge in [0, 0.05) is 6.04 Å². The first kappa shape index (κ1) is 14.5. The Morgan fingerprint density at radius 1 is 1.33 bits per heavy atom. The fourth-order valence-electron chi connectivity index (χ4n) is 1.54. The smallest absolute Gasteiger partial charge is 0.368 e. The number of carbonyl (C=O) groups excluding carboxylic acids is 1. The zero-order valence-electron chi connectivity index (χ0n) is 10.1. The zero-order chi connectivity index (χ0) is 13.9. The highest BCUT2D eigenvalue weighted by molar-refractivity contribution is 5.79. The van der Waals surface area contributed by atoms with E-state index in [4.69, 9.17) is 5.73 Å². The largest absolute Gasteiger partial charge is 0.416 e. The van der Waals surface area contributed by atoms with Gasteiger partial charge in [-0.25, -0.2) is 0 Å². The van der Waals surface area contributed by atoms with Gasteiger partial charge in [-0.2, -0.15) is 13.2 Å². The molecule has 0 radical (unpaired) electrons. The number of primary amides is 1. The van der Waals surface area contributed by atoms with Crippen molar-refractivity contribution in [1.82, 2.24) is 5.32 Å². The van der Waals surface area contributed by atoms with Gasteiger partial charge in [-0.3, -0.25) is 10.1 Å². The van der Waals surface area contributed by atoms with Crippen molar-refractivity contribution in [1.29, 1.82) is 0 Å². The molecule has 1 aromatic rings. The van der Waals surface area contributed by atoms with Crippen molar-refractivity contribution in [2.24, 2.45) is 5.73 Å². The highest BCUT2D eigenvalue weighted by atomic mass is 19.4. The first-order valence-corrected chi connectivity index (χ1v) is 5.44. The second kappa shape index (κ2) is 5.39. The molecule has 0 aliphatic heterocycles. The normalized spacial score (nSPS) is 15.2. The second-order valence-corrected chi connectivity index (χ2v) is 4.14. The molecule has 100 valence electrons. The Morgan fingerprint density at radius 3 is 2.44 bits per heavy atom. The molecule has 0 heterocycles. The lowest BCUT2D eigenvalue weighted by Gasteiger charge is -2.19. The van der Waals surface area contributed by atoms with E-state index in [0.717, 1.165) is 12.1 Å². The second-order valence-electron chi connectivity index (χ2n) is 4.14. The summed E-state index contributed by atoms with van der Waals surface area (Å²) in [6, 6.07) is 3.98. The first-order valence-electron chi connectivity index (χ1n) is 5.44. The van der Waals surface area contributed by atoms with E-state index in [1.54, 1.807) is 19.9 Å². The summed E-state index contributed by atoms with van der Waals surface area (Å²) in [4.78, 5) is 10.9. The Bertz CT molecular complexity index is 432. The number of halogens is 3. The molecule has 2 atom stereocenters. The molecule has 1 amide bonds. The summed E-state index contributed by atoms with van der Waals surface area (Å²) in [5.74, 6) is -0.547. The van der Waals surface area contributed by atoms with Gasteiger partial charge in [-0.15, -0.1) is 0 Å². The third-order valence-corrected chi connectivity index (χ3v) is 2.64. The molecular weight excluding hydrogens is 245 g/mol. The van der Waals surface area contributed by atoms with Gasteiger partial charge >= 0.3 is 6.18 Å². The van der Waals surface area contributed by atoms with Crippen LogP contribution in [0.5, 0.6) is 0 Å². The maximum atomic E-state index is 12.5. The van der Waals surface area contributed by atoms with Gasteiger partial charge in [0.1, 0.15) is 0 Å². The Morgan fingerprint density at radius 2 is 1.94 bits per heavy atom. The molecule has 0 saturated heterocycles. The Labute approximate surface area is 103 Å². The number of nitrogens with one attached hydrogen (secondary N) is 1. The van der Waals surface area contributed by atoms with E-state index >= 15 is 0 Å². The fourth-order valence-corrected chi connectivity index (χ4v) is 1.54. The van der Waals surface area contributed by atoms with Gasteiger partial charge in [0.05, 0.1) is 11.6 Å². The standard InChI is InChI=1S/C12H15F3N2O/c1-7(17-8(2)11(16)18)9-4-3-5-10(6-9)12(13,14)15/h3-8,17H,1-2H3,(H2,16,18). The summed E-state index contributed by atoms with van der Waals surface area (Å²) in [6.45, 7) is 3.24. The minimum absolute atomic E-state index is 0.394. The summed E-state index contributed by atoms with van der Waals surface area (Å²) < 4.78 is 37.6. The molecule has 0 aliphatic carbocycles. The number of alkyl halides is 3. The number of carbonyl (C=O) groups is 1. The van der Waals surface area contributed by atoms with Crippen molar-refractivity contribution in [3.8, 4) is 0 Å². The number of rotatable bonds is 4. The molecule has 0 fully saturated rings. The average molecular weight is 260 g/mol. The summed E-state index contributed by atoms with van der Waals surface area (Å²) in [6.07, 6.45) is -4.37. The molecule has 18 heavy (non-hydrogen) atoms. The molecule has 0 aromatic heterocycles. The molecular formula is C12H15F3N2O. The van der Waals surface area contributed by atoms with Crippen LogP contribution in [0.25, 0.3) is 0 Å². The van der Waals surface area contributed by atoms with Crippen molar-refractivity contribution in [2.45, 2.75) is 32.1 Å². The Balaban J connectivity index is 2.87. The van der Waals surface area contributed by atoms with Crippen LogP contribution < -0.4 is 11.1 Å². The van der Waals surface area contributed by atoms with Crippen LogP contribution in [0.4, 0.5) is 13.2 Å². The minimum Gasteiger partial charge on any atom is -0.368 e. The third-order valence-electron chi connectivity index (χ3n) is 2.64. The number of hydrogen-bond acceptors (Lipinski definition) is 2. The SMILES string of the molecule is CC(NC(C)c1cccc(C(F)(F)F)c1)C(N)=O. The van der Waals surface area contributed by atoms with Crippen LogP contribution >= 0.6 is 0 Å². The van der Waals surface area contributed by atoms with Crippen molar-refractivity contribution < 1.29 is 18.0 Å². The number of nitrogens with two attached hydrogens (primary N) is 1. The van der Waals surface area contributed by atoms with Crippen LogP contribution in [-0.2, 0) is 11.0 Å². The quantitative estimate of drug-likeness (QED) is 0.872. The van der Waals surface area contributed by atoms with Crippen molar-refractivity contribution in [3.05, 3.63) is 35.4 Å². The minimum atomic E-state index is -4.37. The van der Waals surface area contributed by atoms with E-state index in [2.05, 4.69) is 5.32 Å². The molecule has 0 spiro atoms. The first-order chi connectivity index (χ1) is 8.21. The van der Waals surface area contributed by atoms with E-state index in [1.165, 1.54) is 6.07 Å². The molecule has 3 nitrogen and oxygen atoms in total. The lowest BCUT2D eigenvalue weighted by Crippen LogP contribution is -2.40. The summed E-state index contributed by atoms with van der Waals surface area (Å²) in [7, 11) is 0. The zero-order valence-corrected chi connectivity index (χ0v) is 10.1. The van der Waals surface area contributed by atoms with E-state index < -0.39 is 29.7 Å². The topological polar surface area (TPSA) is 55.1 Å². The third kappa shape index (κ3) is 3.73. The maximum Gasteiger partial charge on any atom is 0.416 e. The van der Waals surface area contributed by atoms with Gasteiger partial charge in [0.25, 0.3) is 0 Å². The number of benzene rings is 1. The van der Waals surface area contributed by atoms with Crippen LogP contribution in [0.1, 0.15) is 31.0 Å². The van der Waals surface area contributed by atoms with Gasteiger partial charge in [0.2, 0.25) is 5.91 Å². The monoisotopic (exact) mass is 260 g/mol. The highest BCUT2D eigenvalue weighted by Gasteiger charge is 2.30. The molecule has 6 heteroatoms. The van der Waals surface area contributed by atoms with Crippen LogP contribution in [0.3, 0.4) is 0 Å². The van der Waals surface area contributed by atoms with Gasteiger partial charge in [-0.1, -0.05) is 12.1 Å². The summed E-state index contributed by atoms with van der Waals surface area (Å²) in [5, 5.41) is 2.83. The summed E-state index contributed by atoms with van der Waals surface area (Å²) >= 11 is 0. The summed E-state index contributed by atoms with van der Waals surface area (Å²) in [5.41, 5.74) is 4.83. The van der Waals surface area contributed by atoms with Crippen LogP contribution in [-0.4, -0.2) is 11.9 Å². The fraction of sp³-hybridized carbons (Fsp3) is 0.417. The maximum absolute atomic E-state index is 12.5. The molecule has 1 aromatic carbocycles. The Hall–Kier alpha value is -1.56. The van der Waals surface area contributed by atoms with Crippen molar-refractivity contribution in [2.75, 3.05) is 0 Å². The molecule has 0 saturated carbocycles. The van der Waals surface area contributed by atoms with E-state index in [9.17, 15) is 18.0 Å².